The molecular weight excluding hydrogens is 440 g/mol. The van der Waals surface area contributed by atoms with E-state index >= 15 is 0 Å². The molecular formula is C22H18ClN2O7-. The van der Waals surface area contributed by atoms with Gasteiger partial charge >= 0.3 is 6.03 Å². The zero-order valence-electron chi connectivity index (χ0n) is 17.1. The number of carbonyl (C=O) groups is 4. The van der Waals surface area contributed by atoms with Crippen LogP contribution in [0.15, 0.2) is 48.0 Å². The van der Waals surface area contributed by atoms with Crippen molar-refractivity contribution in [1.29, 1.82) is 0 Å². The number of nitrogens with one attached hydrogen (secondary N) is 1. The largest absolute Gasteiger partial charge is 0.546 e. The van der Waals surface area contributed by atoms with Crippen LogP contribution < -0.4 is 24.8 Å². The number of urea groups is 1. The lowest BCUT2D eigenvalue weighted by Crippen LogP contribution is -2.54. The van der Waals surface area contributed by atoms with E-state index in [1.165, 1.54) is 55.5 Å². The van der Waals surface area contributed by atoms with Gasteiger partial charge in [-0.25, -0.2) is 9.69 Å². The van der Waals surface area contributed by atoms with E-state index in [1.807, 2.05) is 0 Å². The highest BCUT2D eigenvalue weighted by Gasteiger charge is 2.36. The molecule has 166 valence electrons. The number of hydrogen-bond acceptors (Lipinski definition) is 7. The smallest absolute Gasteiger partial charge is 0.335 e. The highest BCUT2D eigenvalue weighted by Crippen LogP contribution is 2.31. The highest BCUT2D eigenvalue weighted by atomic mass is 35.5. The summed E-state index contributed by atoms with van der Waals surface area (Å²) in [5.41, 5.74) is 0.356. The molecule has 0 radical (unpaired) electrons. The summed E-state index contributed by atoms with van der Waals surface area (Å²) in [5.74, 6) is -2.69. The summed E-state index contributed by atoms with van der Waals surface area (Å²) >= 11 is 5.86. The lowest BCUT2D eigenvalue weighted by atomic mass is 10.1. The van der Waals surface area contributed by atoms with Crippen LogP contribution in [0.2, 0.25) is 5.02 Å². The van der Waals surface area contributed by atoms with Gasteiger partial charge in [0.15, 0.2) is 11.5 Å². The molecule has 10 heteroatoms. The van der Waals surface area contributed by atoms with Crippen LogP contribution in [-0.4, -0.2) is 36.5 Å². The fraction of sp³-hybridized carbons (Fsp3) is 0.182. The van der Waals surface area contributed by atoms with E-state index in [4.69, 9.17) is 21.1 Å². The van der Waals surface area contributed by atoms with Crippen molar-refractivity contribution < 1.29 is 33.8 Å². The van der Waals surface area contributed by atoms with Crippen molar-refractivity contribution in [2.45, 2.75) is 20.0 Å². The number of anilines is 1. The Morgan fingerprint density at radius 2 is 1.84 bits per heavy atom. The van der Waals surface area contributed by atoms with Gasteiger partial charge in [-0.15, -0.1) is 0 Å². The number of nitrogens with zero attached hydrogens (tertiary/aromatic N) is 1. The molecule has 4 amide bonds. The molecule has 9 nitrogen and oxygen atoms in total. The van der Waals surface area contributed by atoms with E-state index in [1.54, 1.807) is 6.92 Å². The number of imide groups is 2. The Labute approximate surface area is 188 Å². The average molecular weight is 458 g/mol. The fourth-order valence-corrected chi connectivity index (χ4v) is 2.99. The summed E-state index contributed by atoms with van der Waals surface area (Å²) in [4.78, 5) is 49.3. The average Bonchev–Trinajstić information content (AvgIpc) is 2.74. The summed E-state index contributed by atoms with van der Waals surface area (Å²) in [7, 11) is 0. The normalized spacial score (nSPS) is 16.0. The maximum atomic E-state index is 12.9. The highest BCUT2D eigenvalue weighted by molar-refractivity contribution is 6.39. The second-order valence-electron chi connectivity index (χ2n) is 6.65. The third-order valence-corrected chi connectivity index (χ3v) is 4.65. The van der Waals surface area contributed by atoms with Crippen LogP contribution in [0.3, 0.4) is 0 Å². The predicted octanol–water partition coefficient (Wildman–Crippen LogP) is 1.92. The number of ether oxygens (including phenoxy) is 2. The number of aliphatic carboxylic acids is 1. The maximum Gasteiger partial charge on any atom is 0.335 e. The number of carboxylic acids is 1. The zero-order chi connectivity index (χ0) is 23.4. The molecule has 2 aromatic carbocycles. The molecule has 0 spiro atoms. The molecule has 3 rings (SSSR count). The van der Waals surface area contributed by atoms with E-state index in [9.17, 15) is 24.3 Å². The van der Waals surface area contributed by atoms with Crippen LogP contribution in [0.4, 0.5) is 10.5 Å². The molecule has 1 heterocycles. The first-order valence-corrected chi connectivity index (χ1v) is 9.90. The monoisotopic (exact) mass is 457 g/mol. The number of barbiturate groups is 1. The molecule has 1 fully saturated rings. The number of carboxylic acid groups (broad SMARTS) is 1. The van der Waals surface area contributed by atoms with Crippen molar-refractivity contribution in [3.63, 3.8) is 0 Å². The van der Waals surface area contributed by atoms with Gasteiger partial charge in [0.2, 0.25) is 0 Å². The number of carbonyl (C=O) groups excluding carboxylic acids is 4. The van der Waals surface area contributed by atoms with Gasteiger partial charge in [-0.2, -0.15) is 0 Å². The van der Waals surface area contributed by atoms with Crippen molar-refractivity contribution in [2.24, 2.45) is 0 Å². The van der Waals surface area contributed by atoms with Crippen molar-refractivity contribution >= 4 is 47.2 Å². The number of rotatable bonds is 7. The topological polar surface area (TPSA) is 125 Å². The molecule has 0 bridgehead atoms. The Hall–Kier alpha value is -3.85. The minimum Gasteiger partial charge on any atom is -0.546 e. The Morgan fingerprint density at radius 1 is 1.16 bits per heavy atom. The molecule has 2 aromatic rings. The van der Waals surface area contributed by atoms with Crippen molar-refractivity contribution in [1.82, 2.24) is 5.32 Å². The Bertz CT molecular complexity index is 1110. The third kappa shape index (κ3) is 4.89. The lowest BCUT2D eigenvalue weighted by Gasteiger charge is -2.26. The Morgan fingerprint density at radius 3 is 2.47 bits per heavy atom. The van der Waals surface area contributed by atoms with E-state index < -0.39 is 29.9 Å². The molecule has 32 heavy (non-hydrogen) atoms. The Balaban J connectivity index is 1.96. The first-order valence-electron chi connectivity index (χ1n) is 9.52. The van der Waals surface area contributed by atoms with Crippen LogP contribution in [0.1, 0.15) is 19.4 Å². The maximum absolute atomic E-state index is 12.9. The fourth-order valence-electron chi connectivity index (χ4n) is 2.87. The molecule has 0 aliphatic carbocycles. The molecule has 1 atom stereocenters. The number of halogens is 1. The van der Waals surface area contributed by atoms with Gasteiger partial charge in [-0.05, 0) is 61.9 Å². The molecule has 1 saturated heterocycles. The van der Waals surface area contributed by atoms with Crippen LogP contribution >= 0.6 is 11.6 Å². The molecule has 1 aliphatic rings. The van der Waals surface area contributed by atoms with Crippen molar-refractivity contribution in [3.8, 4) is 11.5 Å². The second-order valence-corrected chi connectivity index (χ2v) is 7.09. The van der Waals surface area contributed by atoms with Gasteiger partial charge < -0.3 is 19.4 Å². The van der Waals surface area contributed by atoms with E-state index in [2.05, 4.69) is 5.32 Å². The zero-order valence-corrected chi connectivity index (χ0v) is 17.8. The number of benzene rings is 2. The first-order chi connectivity index (χ1) is 15.2. The summed E-state index contributed by atoms with van der Waals surface area (Å²) < 4.78 is 10.8. The van der Waals surface area contributed by atoms with Gasteiger partial charge in [0.25, 0.3) is 11.8 Å². The third-order valence-electron chi connectivity index (χ3n) is 4.40. The number of hydrogen-bond donors (Lipinski definition) is 1. The van der Waals surface area contributed by atoms with Crippen LogP contribution in [0.5, 0.6) is 11.5 Å². The molecule has 0 aromatic heterocycles. The summed E-state index contributed by atoms with van der Waals surface area (Å²) in [6.45, 7) is 3.30. The summed E-state index contributed by atoms with van der Waals surface area (Å²) in [6, 6.07) is 9.54. The molecule has 1 N–H and O–H groups in total. The van der Waals surface area contributed by atoms with E-state index in [-0.39, 0.29) is 29.4 Å². The molecule has 1 aliphatic heterocycles. The minimum absolute atomic E-state index is 0.156. The standard InChI is InChI=1S/C22H19ClN2O7/c1-3-31-18-11-13(4-9-17(18)32-12(2)21(28)29)10-16-19(26)24-22(30)25(20(16)27)15-7-5-14(23)6-8-15/h4-12H,3H2,1-2H3,(H,28,29)(H,24,26,30)/p-1/b16-10+/t12-/m1/s1. The Kier molecular flexibility index (Phi) is 6.79. The van der Waals surface area contributed by atoms with E-state index in [0.717, 1.165) is 4.90 Å². The van der Waals surface area contributed by atoms with Gasteiger partial charge in [0.05, 0.1) is 18.3 Å². The SMILES string of the molecule is CCOc1cc(/C=C2\C(=O)NC(=O)N(c3ccc(Cl)cc3)C2=O)ccc1O[C@H](C)C(=O)[O-]. The van der Waals surface area contributed by atoms with E-state index in [0.29, 0.717) is 10.6 Å². The number of amides is 4. The quantitative estimate of drug-likeness (QED) is 0.497. The van der Waals surface area contributed by atoms with Gasteiger partial charge in [-0.3, -0.25) is 14.9 Å². The summed E-state index contributed by atoms with van der Waals surface area (Å²) in [6.07, 6.45) is 0.0738. The van der Waals surface area contributed by atoms with Crippen LogP contribution in [0.25, 0.3) is 6.08 Å². The second kappa shape index (κ2) is 9.52. The van der Waals surface area contributed by atoms with Gasteiger partial charge in [0, 0.05) is 5.02 Å². The van der Waals surface area contributed by atoms with Gasteiger partial charge in [-0.1, -0.05) is 17.7 Å². The minimum atomic E-state index is -1.39. The van der Waals surface area contributed by atoms with Crippen LogP contribution in [0, 0.1) is 0 Å². The molecule has 0 saturated carbocycles. The predicted molar refractivity (Wildman–Crippen MR) is 113 cm³/mol. The van der Waals surface area contributed by atoms with Gasteiger partial charge in [0.1, 0.15) is 11.7 Å². The first kappa shape index (κ1) is 22.8. The van der Waals surface area contributed by atoms with Crippen LogP contribution in [-0.2, 0) is 14.4 Å². The van der Waals surface area contributed by atoms with Crippen molar-refractivity contribution in [2.75, 3.05) is 11.5 Å². The summed E-state index contributed by atoms with van der Waals surface area (Å²) in [5, 5.41) is 13.5. The lowest BCUT2D eigenvalue weighted by molar-refractivity contribution is -0.312. The molecule has 0 unspecified atom stereocenters. The van der Waals surface area contributed by atoms with Crippen molar-refractivity contribution in [3.05, 3.63) is 58.6 Å².